The molecule has 0 aliphatic rings. The molecule has 0 aromatic rings. The van der Waals surface area contributed by atoms with Crippen molar-refractivity contribution in [3.63, 3.8) is 0 Å². The van der Waals surface area contributed by atoms with E-state index in [1.165, 1.54) is 650 Å². The highest BCUT2D eigenvalue weighted by Crippen LogP contribution is 2.24. The lowest BCUT2D eigenvalue weighted by Crippen LogP contribution is -2.46. The molecule has 0 unspecified atom stereocenters. The number of phosphoric acid groups is 1. The summed E-state index contributed by atoms with van der Waals surface area (Å²) in [6, 6.07) is 0. The zero-order chi connectivity index (χ0) is 88.0. The van der Waals surface area contributed by atoms with Gasteiger partial charge in [-0.15, -0.1) is 0 Å². The smallest absolute Gasteiger partial charge is 0.0784 e. The second kappa shape index (κ2) is 107. The summed E-state index contributed by atoms with van der Waals surface area (Å²) in [5.74, 6) is 0. The van der Waals surface area contributed by atoms with Gasteiger partial charge in [0.25, 0.3) is 0 Å². The van der Waals surface area contributed by atoms with E-state index >= 15 is 0 Å². The Hall–Kier alpha value is -0.0100. The molecule has 0 atom stereocenters. The van der Waals surface area contributed by atoms with E-state index in [0.29, 0.717) is 0 Å². The molecule has 722 valence electrons. The third-order valence-corrected chi connectivity index (χ3v) is 27.5. The minimum atomic E-state index is -5.39. The molecule has 0 saturated heterocycles. The van der Waals surface area contributed by atoms with E-state index in [1.807, 2.05) is 0 Å². The summed E-state index contributed by atoms with van der Waals surface area (Å²) in [6.45, 7) is 33.8. The highest BCUT2D eigenvalue weighted by Gasteiger charge is 2.23. The maximum Gasteiger partial charge on any atom is 0.0784 e. The topological polar surface area (TPSA) is 86.2 Å². The third-order valence-electron chi connectivity index (χ3n) is 27.5. The molecule has 0 bridgehead atoms. The lowest BCUT2D eigenvalue weighted by atomic mass is 10.0. The van der Waals surface area contributed by atoms with Crippen LogP contribution in [0.5, 0.6) is 0 Å². The highest BCUT2D eigenvalue weighted by atomic mass is 31.2. The molecule has 0 amide bonds. The molecule has 0 fully saturated rings. The molecule has 0 spiro atoms. The van der Waals surface area contributed by atoms with E-state index in [9.17, 15) is 0 Å². The van der Waals surface area contributed by atoms with Crippen LogP contribution in [0.25, 0.3) is 0 Å². The van der Waals surface area contributed by atoms with Crippen molar-refractivity contribution in [2.75, 3.05) is 80.0 Å². The molecule has 0 heterocycles. The standard InChI is InChI=1S/3C37H78N.H3O4P/c3*1-5-8-11-14-17-20-23-26-29-32-35-38(4,36-33-30-27-24-21-18-15-12-9-6-2)37-34-31-28-25-22-19-16-13-10-7-3;1-5(2,3)4/h3*5-37H2,1-4H3;(H3,1,2,3,4)/q3*+1;/p-3. The summed E-state index contributed by atoms with van der Waals surface area (Å²) in [7, 11) is 2.43. The Kier molecular flexibility index (Phi) is 112. The molecule has 8 heteroatoms. The van der Waals surface area contributed by atoms with Crippen LogP contribution in [0.15, 0.2) is 0 Å². The average molecular weight is 1710 g/mol. The maximum absolute atomic E-state index is 8.55. The lowest BCUT2D eigenvalue weighted by molar-refractivity contribution is -0.910. The van der Waals surface area contributed by atoms with Crippen LogP contribution in [0.1, 0.15) is 640 Å². The van der Waals surface area contributed by atoms with Crippen molar-refractivity contribution >= 4 is 7.82 Å². The fourth-order valence-corrected chi connectivity index (χ4v) is 18.8. The van der Waals surface area contributed by atoms with E-state index in [4.69, 9.17) is 19.2 Å². The predicted octanol–water partition coefficient (Wildman–Crippen LogP) is 36.8. The van der Waals surface area contributed by atoms with Gasteiger partial charge in [-0.25, -0.2) is 0 Å². The van der Waals surface area contributed by atoms with Gasteiger partial charge in [-0.2, -0.15) is 7.82 Å². The van der Waals surface area contributed by atoms with E-state index in [-0.39, 0.29) is 0 Å². The molecular weight excluding hydrogens is 1470 g/mol. The second-order valence-electron chi connectivity index (χ2n) is 40.5. The molecule has 0 aromatic carbocycles. The Balaban J connectivity index is -0.000000808. The molecular formula is C111H234N3O4P. The molecule has 7 nitrogen and oxygen atoms in total. The lowest BCUT2D eigenvalue weighted by Gasteiger charge is -2.36. The van der Waals surface area contributed by atoms with Gasteiger partial charge in [-0.3, -0.25) is 0 Å². The van der Waals surface area contributed by atoms with Gasteiger partial charge >= 0.3 is 0 Å². The van der Waals surface area contributed by atoms with Gasteiger partial charge in [0.05, 0.1) is 80.0 Å². The predicted molar refractivity (Wildman–Crippen MR) is 537 cm³/mol. The zero-order valence-electron chi connectivity index (χ0n) is 85.4. The molecule has 0 saturated carbocycles. The van der Waals surface area contributed by atoms with Crippen molar-refractivity contribution < 1.29 is 32.7 Å². The first kappa shape index (κ1) is 125. The summed E-state index contributed by atoms with van der Waals surface area (Å²) in [6.07, 6.45) is 131. The van der Waals surface area contributed by atoms with E-state index in [2.05, 4.69) is 83.5 Å². The normalized spacial score (nSPS) is 12.0. The highest BCUT2D eigenvalue weighted by molar-refractivity contribution is 7.40. The summed E-state index contributed by atoms with van der Waals surface area (Å²) < 4.78 is 12.6. The number of nitrogens with zero attached hydrogens (tertiary/aromatic N) is 3. The summed E-state index contributed by atoms with van der Waals surface area (Å²) >= 11 is 0. The van der Waals surface area contributed by atoms with Crippen LogP contribution in [0.2, 0.25) is 0 Å². The van der Waals surface area contributed by atoms with Gasteiger partial charge in [-0.05, 0) is 116 Å². The first-order chi connectivity index (χ1) is 58.0. The summed E-state index contributed by atoms with van der Waals surface area (Å²) in [5.41, 5.74) is 0. The zero-order valence-corrected chi connectivity index (χ0v) is 86.3. The van der Waals surface area contributed by atoms with Crippen LogP contribution < -0.4 is 14.7 Å². The first-order valence-electron chi connectivity index (χ1n) is 56.3. The van der Waals surface area contributed by atoms with Crippen molar-refractivity contribution in [3.8, 4) is 0 Å². The monoisotopic (exact) mass is 1700 g/mol. The SMILES string of the molecule is CCCCCCCCCCCC[N+](C)(CCCCCCCCCCCC)CCCCCCCCCCCC.CCCCCCCCCCCC[N+](C)(CCCCCCCCCCCC)CCCCCCCCCCCC.CCCCCCCCCCCC[N+](C)(CCCCCCCCCCCC)CCCCCCCCCCCC.O=P([O-])([O-])[O-]. The van der Waals surface area contributed by atoms with Crippen LogP contribution in [0.4, 0.5) is 0 Å². The molecule has 0 radical (unpaired) electrons. The molecule has 0 aliphatic heterocycles. The Morgan fingerprint density at radius 2 is 0.176 bits per heavy atom. The van der Waals surface area contributed by atoms with Gasteiger partial charge in [0.1, 0.15) is 0 Å². The van der Waals surface area contributed by atoms with E-state index in [1.54, 1.807) is 0 Å². The average Bonchev–Trinajstić information content (AvgIpc) is 0.913. The van der Waals surface area contributed by atoms with Crippen molar-refractivity contribution in [1.82, 2.24) is 0 Å². The van der Waals surface area contributed by atoms with Crippen LogP contribution in [-0.4, -0.2) is 93.5 Å². The third kappa shape index (κ3) is 116. The van der Waals surface area contributed by atoms with Crippen LogP contribution in [0.3, 0.4) is 0 Å². The van der Waals surface area contributed by atoms with Crippen molar-refractivity contribution in [2.24, 2.45) is 0 Å². The van der Waals surface area contributed by atoms with Crippen LogP contribution >= 0.6 is 7.82 Å². The first-order valence-corrected chi connectivity index (χ1v) is 57.7. The second-order valence-corrected chi connectivity index (χ2v) is 41.4. The number of quaternary nitrogens is 3. The van der Waals surface area contributed by atoms with Crippen LogP contribution in [0, 0.1) is 0 Å². The Bertz CT molecular complexity index is 1440. The number of hydrogen-bond donors (Lipinski definition) is 0. The summed E-state index contributed by atoms with van der Waals surface area (Å²) in [5, 5.41) is 0. The van der Waals surface area contributed by atoms with Gasteiger partial charge in [-0.1, -0.05) is 525 Å². The van der Waals surface area contributed by atoms with Gasteiger partial charge < -0.3 is 32.7 Å². The van der Waals surface area contributed by atoms with Gasteiger partial charge in [0.15, 0.2) is 0 Å². The van der Waals surface area contributed by atoms with Crippen molar-refractivity contribution in [3.05, 3.63) is 0 Å². The van der Waals surface area contributed by atoms with Crippen molar-refractivity contribution in [1.29, 1.82) is 0 Å². The maximum atomic E-state index is 8.55. The molecule has 0 aromatic heterocycles. The minimum Gasteiger partial charge on any atom is -0.822 e. The van der Waals surface area contributed by atoms with E-state index in [0.717, 1.165) is 0 Å². The molecule has 0 N–H and O–H groups in total. The van der Waals surface area contributed by atoms with E-state index < -0.39 is 7.82 Å². The number of hydrogen-bond acceptors (Lipinski definition) is 4. The molecule has 0 rings (SSSR count). The minimum absolute atomic E-state index is 1.37. The largest absolute Gasteiger partial charge is 0.822 e. The fourth-order valence-electron chi connectivity index (χ4n) is 18.8. The Labute approximate surface area is 756 Å². The Morgan fingerprint density at radius 3 is 0.235 bits per heavy atom. The van der Waals surface area contributed by atoms with Crippen LogP contribution in [-0.2, 0) is 4.57 Å². The van der Waals surface area contributed by atoms with Gasteiger partial charge in [0.2, 0.25) is 0 Å². The summed E-state index contributed by atoms with van der Waals surface area (Å²) in [4.78, 5) is 25.6. The Morgan fingerprint density at radius 1 is 0.126 bits per heavy atom. The molecule has 0 aliphatic carbocycles. The quantitative estimate of drug-likeness (QED) is 0.0345. The molecule has 119 heavy (non-hydrogen) atoms. The fraction of sp³-hybridized carbons (Fsp3) is 1.00. The van der Waals surface area contributed by atoms with Gasteiger partial charge in [0, 0.05) is 0 Å². The number of rotatable bonds is 99. The number of unbranched alkanes of at least 4 members (excludes halogenated alkanes) is 81. The van der Waals surface area contributed by atoms with Crippen molar-refractivity contribution in [2.45, 2.75) is 640 Å².